The van der Waals surface area contributed by atoms with Crippen LogP contribution in [0.2, 0.25) is 5.02 Å². The second-order valence-corrected chi connectivity index (χ2v) is 5.19. The minimum Gasteiger partial charge on any atom is -0.448 e. The number of anilines is 1. The summed E-state index contributed by atoms with van der Waals surface area (Å²) in [6.07, 6.45) is -0.458. The number of benzene rings is 2. The summed E-state index contributed by atoms with van der Waals surface area (Å²) in [4.78, 5) is 24.1. The van der Waals surface area contributed by atoms with E-state index in [1.807, 2.05) is 12.1 Å². The number of rotatable bonds is 2. The predicted octanol–water partition coefficient (Wildman–Crippen LogP) is 3.06. The summed E-state index contributed by atoms with van der Waals surface area (Å²) in [5.41, 5.74) is 1.91. The van der Waals surface area contributed by atoms with Crippen LogP contribution in [0.4, 0.5) is 5.69 Å². The van der Waals surface area contributed by atoms with Gasteiger partial charge in [-0.1, -0.05) is 35.9 Å². The van der Waals surface area contributed by atoms with Gasteiger partial charge in [0.15, 0.2) is 6.10 Å². The average Bonchev–Trinajstić information content (AvgIpc) is 2.47. The summed E-state index contributed by atoms with van der Waals surface area (Å²) in [5.74, 6) is -0.830. The number of nitrogens with one attached hydrogen (secondary N) is 1. The molecule has 106 valence electrons. The molecule has 1 aliphatic heterocycles. The summed E-state index contributed by atoms with van der Waals surface area (Å²) in [6.45, 7) is 0. The molecule has 3 rings (SSSR count). The fourth-order valence-corrected chi connectivity index (χ4v) is 2.46. The van der Waals surface area contributed by atoms with Crippen LogP contribution in [-0.4, -0.2) is 18.0 Å². The number of esters is 1. The number of carbonyl (C=O) groups excluding carboxylic acids is 2. The minimum absolute atomic E-state index is 0.361. The third-order valence-electron chi connectivity index (χ3n) is 3.28. The lowest BCUT2D eigenvalue weighted by Crippen LogP contribution is -2.37. The Balaban J connectivity index is 1.76. The average molecular weight is 302 g/mol. The molecule has 4 nitrogen and oxygen atoms in total. The Morgan fingerprint density at radius 2 is 2.00 bits per heavy atom. The number of carbonyl (C=O) groups is 2. The molecule has 1 aliphatic rings. The van der Waals surface area contributed by atoms with Crippen LogP contribution >= 0.6 is 11.6 Å². The van der Waals surface area contributed by atoms with Gasteiger partial charge in [-0.3, -0.25) is 4.79 Å². The van der Waals surface area contributed by atoms with Gasteiger partial charge in [0.1, 0.15) is 0 Å². The van der Waals surface area contributed by atoms with Gasteiger partial charge in [0.2, 0.25) is 0 Å². The fraction of sp³-hybridized carbons (Fsp3) is 0.125. The van der Waals surface area contributed by atoms with E-state index in [2.05, 4.69) is 5.32 Å². The first-order valence-electron chi connectivity index (χ1n) is 6.49. The lowest BCUT2D eigenvalue weighted by Gasteiger charge is -2.23. The molecule has 0 saturated heterocycles. The summed E-state index contributed by atoms with van der Waals surface area (Å²) in [6, 6.07) is 13.9. The molecule has 5 heteroatoms. The Kier molecular flexibility index (Phi) is 3.62. The number of hydrogen-bond donors (Lipinski definition) is 1. The number of fused-ring (bicyclic) bond motifs is 1. The van der Waals surface area contributed by atoms with Crippen molar-refractivity contribution in [3.8, 4) is 0 Å². The molecule has 0 spiro atoms. The van der Waals surface area contributed by atoms with E-state index in [1.165, 1.54) is 0 Å². The molecule has 1 atom stereocenters. The molecule has 2 aromatic rings. The zero-order chi connectivity index (χ0) is 14.8. The highest BCUT2D eigenvalue weighted by Gasteiger charge is 2.30. The smallest absolute Gasteiger partial charge is 0.339 e. The first kappa shape index (κ1) is 13.6. The first-order valence-corrected chi connectivity index (χ1v) is 6.86. The molecule has 0 radical (unpaired) electrons. The highest BCUT2D eigenvalue weighted by Crippen LogP contribution is 2.22. The summed E-state index contributed by atoms with van der Waals surface area (Å²) >= 11 is 5.87. The van der Waals surface area contributed by atoms with Crippen molar-refractivity contribution in [1.82, 2.24) is 0 Å². The molecule has 1 amide bonds. The third kappa shape index (κ3) is 2.90. The third-order valence-corrected chi connectivity index (χ3v) is 3.51. The maximum atomic E-state index is 12.2. The Bertz CT molecular complexity index is 714. The Morgan fingerprint density at radius 1 is 1.19 bits per heavy atom. The van der Waals surface area contributed by atoms with E-state index < -0.39 is 12.1 Å². The van der Waals surface area contributed by atoms with Crippen molar-refractivity contribution >= 4 is 29.2 Å². The van der Waals surface area contributed by atoms with Crippen LogP contribution in [0.1, 0.15) is 15.9 Å². The summed E-state index contributed by atoms with van der Waals surface area (Å²) in [5, 5.41) is 3.23. The Hall–Kier alpha value is -2.33. The van der Waals surface area contributed by atoms with Crippen LogP contribution in [0.5, 0.6) is 0 Å². The van der Waals surface area contributed by atoms with Gasteiger partial charge >= 0.3 is 5.97 Å². The van der Waals surface area contributed by atoms with Crippen molar-refractivity contribution in [2.24, 2.45) is 0 Å². The van der Waals surface area contributed by atoms with Gasteiger partial charge in [-0.15, -0.1) is 0 Å². The molecule has 1 N–H and O–H groups in total. The van der Waals surface area contributed by atoms with Crippen LogP contribution in [0, 0.1) is 0 Å². The standard InChI is InChI=1S/C16H12ClNO3/c17-11-5-3-6-12(9-11)18-15(19)14-8-10-4-1-2-7-13(10)16(20)21-14/h1-7,9,14H,8H2,(H,18,19). The van der Waals surface area contributed by atoms with Crippen LogP contribution < -0.4 is 5.32 Å². The van der Waals surface area contributed by atoms with Crippen molar-refractivity contribution in [2.45, 2.75) is 12.5 Å². The molecule has 0 saturated carbocycles. The van der Waals surface area contributed by atoms with Crippen LogP contribution in [0.25, 0.3) is 0 Å². The van der Waals surface area contributed by atoms with Crippen molar-refractivity contribution in [1.29, 1.82) is 0 Å². The highest BCUT2D eigenvalue weighted by atomic mass is 35.5. The zero-order valence-corrected chi connectivity index (χ0v) is 11.8. The summed E-state index contributed by atoms with van der Waals surface area (Å²) in [7, 11) is 0. The second-order valence-electron chi connectivity index (χ2n) is 4.75. The molecule has 0 aromatic heterocycles. The predicted molar refractivity (Wildman–Crippen MR) is 79.4 cm³/mol. The lowest BCUT2D eigenvalue weighted by atomic mass is 9.98. The van der Waals surface area contributed by atoms with Gasteiger partial charge in [-0.05, 0) is 29.8 Å². The van der Waals surface area contributed by atoms with Crippen LogP contribution in [0.15, 0.2) is 48.5 Å². The van der Waals surface area contributed by atoms with Gasteiger partial charge in [0.25, 0.3) is 5.91 Å². The second kappa shape index (κ2) is 5.58. The van der Waals surface area contributed by atoms with E-state index in [1.54, 1.807) is 36.4 Å². The normalized spacial score (nSPS) is 16.8. The van der Waals surface area contributed by atoms with E-state index >= 15 is 0 Å². The van der Waals surface area contributed by atoms with Gasteiger partial charge < -0.3 is 10.1 Å². The van der Waals surface area contributed by atoms with E-state index in [0.29, 0.717) is 22.7 Å². The van der Waals surface area contributed by atoms with E-state index in [-0.39, 0.29) is 5.91 Å². The van der Waals surface area contributed by atoms with Gasteiger partial charge in [-0.2, -0.15) is 0 Å². The minimum atomic E-state index is -0.827. The van der Waals surface area contributed by atoms with Crippen LogP contribution in [-0.2, 0) is 16.0 Å². The summed E-state index contributed by atoms with van der Waals surface area (Å²) < 4.78 is 5.19. The highest BCUT2D eigenvalue weighted by molar-refractivity contribution is 6.30. The quantitative estimate of drug-likeness (QED) is 0.867. The Labute approximate surface area is 126 Å². The van der Waals surface area contributed by atoms with Gasteiger partial charge in [0, 0.05) is 17.1 Å². The van der Waals surface area contributed by atoms with Gasteiger partial charge in [0.05, 0.1) is 5.56 Å². The number of halogens is 1. The van der Waals surface area contributed by atoms with Crippen molar-refractivity contribution in [2.75, 3.05) is 5.32 Å². The largest absolute Gasteiger partial charge is 0.448 e. The molecular formula is C16H12ClNO3. The molecular weight excluding hydrogens is 290 g/mol. The topological polar surface area (TPSA) is 55.4 Å². The SMILES string of the molecule is O=C1OC(C(=O)Nc2cccc(Cl)c2)Cc2ccccc21. The lowest BCUT2D eigenvalue weighted by molar-refractivity contribution is -0.125. The molecule has 0 fully saturated rings. The van der Waals surface area contributed by atoms with E-state index in [9.17, 15) is 9.59 Å². The van der Waals surface area contributed by atoms with Crippen molar-refractivity contribution in [3.63, 3.8) is 0 Å². The molecule has 1 heterocycles. The first-order chi connectivity index (χ1) is 10.1. The number of ether oxygens (including phenoxy) is 1. The molecule has 0 bridgehead atoms. The van der Waals surface area contributed by atoms with Crippen molar-refractivity contribution in [3.05, 3.63) is 64.7 Å². The molecule has 21 heavy (non-hydrogen) atoms. The van der Waals surface area contributed by atoms with E-state index in [0.717, 1.165) is 5.56 Å². The van der Waals surface area contributed by atoms with Gasteiger partial charge in [-0.25, -0.2) is 4.79 Å². The van der Waals surface area contributed by atoms with E-state index in [4.69, 9.17) is 16.3 Å². The maximum absolute atomic E-state index is 12.2. The fourth-order valence-electron chi connectivity index (χ4n) is 2.27. The van der Waals surface area contributed by atoms with Crippen LogP contribution in [0.3, 0.4) is 0 Å². The Morgan fingerprint density at radius 3 is 2.81 bits per heavy atom. The number of cyclic esters (lactones) is 1. The maximum Gasteiger partial charge on any atom is 0.339 e. The molecule has 0 aliphatic carbocycles. The molecule has 2 aromatic carbocycles. The van der Waals surface area contributed by atoms with Crippen molar-refractivity contribution < 1.29 is 14.3 Å². The molecule has 1 unspecified atom stereocenters. The monoisotopic (exact) mass is 301 g/mol. The number of amides is 1. The number of hydrogen-bond acceptors (Lipinski definition) is 3. The zero-order valence-electron chi connectivity index (χ0n) is 11.0.